The van der Waals surface area contributed by atoms with Gasteiger partial charge in [0.2, 0.25) is 0 Å². The zero-order valence-electron chi connectivity index (χ0n) is 25.8. The van der Waals surface area contributed by atoms with Crippen LogP contribution in [0.4, 0.5) is 0 Å². The van der Waals surface area contributed by atoms with Gasteiger partial charge in [-0.25, -0.2) is 0 Å². The van der Waals surface area contributed by atoms with E-state index in [0.717, 1.165) is 6.42 Å². The van der Waals surface area contributed by atoms with Gasteiger partial charge in [-0.15, -0.1) is 11.3 Å². The lowest BCUT2D eigenvalue weighted by atomic mass is 9.68. The zero-order chi connectivity index (χ0) is 30.4. The fourth-order valence-corrected chi connectivity index (χ4v) is 10.8. The van der Waals surface area contributed by atoms with Crippen molar-refractivity contribution in [3.05, 3.63) is 172 Å². The Labute approximate surface area is 272 Å². The number of thiophene rings is 1. The molecule has 2 heteroatoms. The van der Waals surface area contributed by atoms with Gasteiger partial charge in [0.1, 0.15) is 5.00 Å². The highest BCUT2D eigenvalue weighted by molar-refractivity contribution is 7.12. The van der Waals surface area contributed by atoms with Crippen molar-refractivity contribution in [2.24, 2.45) is 0 Å². The van der Waals surface area contributed by atoms with E-state index in [1.165, 1.54) is 88.0 Å². The van der Waals surface area contributed by atoms with Crippen molar-refractivity contribution in [3.63, 3.8) is 0 Å². The van der Waals surface area contributed by atoms with Gasteiger partial charge in [0, 0.05) is 22.1 Å². The summed E-state index contributed by atoms with van der Waals surface area (Å²) in [6.45, 7) is 4.75. The third-order valence-electron chi connectivity index (χ3n) is 11.7. The lowest BCUT2D eigenvalue weighted by Crippen LogP contribution is -2.27. The van der Waals surface area contributed by atoms with E-state index in [9.17, 15) is 0 Å². The van der Waals surface area contributed by atoms with Crippen molar-refractivity contribution in [1.29, 1.82) is 0 Å². The summed E-state index contributed by atoms with van der Waals surface area (Å²) in [4.78, 5) is 0. The maximum atomic E-state index is 2.53. The number of hydrogen-bond acceptors (Lipinski definition) is 1. The molecule has 7 aromatic rings. The molecule has 1 spiro atoms. The number of aromatic nitrogens is 1. The molecule has 0 N–H and O–H groups in total. The normalized spacial score (nSPS) is 20.8. The van der Waals surface area contributed by atoms with Gasteiger partial charge in [0.25, 0.3) is 0 Å². The molecule has 1 nitrogen and oxygen atoms in total. The van der Waals surface area contributed by atoms with Gasteiger partial charge in [-0.1, -0.05) is 117 Å². The smallest absolute Gasteiger partial charge is 0.104 e. The maximum absolute atomic E-state index is 2.53. The van der Waals surface area contributed by atoms with Gasteiger partial charge in [-0.2, -0.15) is 0 Å². The van der Waals surface area contributed by atoms with Crippen LogP contribution in [0.1, 0.15) is 59.6 Å². The molecule has 2 unspecified atom stereocenters. The molecule has 218 valence electrons. The summed E-state index contributed by atoms with van der Waals surface area (Å²) in [6.07, 6.45) is 8.12. The van der Waals surface area contributed by atoms with Gasteiger partial charge in [-0.3, -0.25) is 0 Å². The number of para-hydroxylation sites is 1. The van der Waals surface area contributed by atoms with Crippen LogP contribution in [0, 0.1) is 0 Å². The molecular weight excluding hydrogens is 575 g/mol. The fourth-order valence-electron chi connectivity index (χ4n) is 9.73. The SMILES string of the molecule is CC1(C)c2ccsc2-n2c3ccc(-c4ccc5c(c4)C4(C6=CC=CCC6c6ccccc64)c4ccccc4-5)cc3c3cccc1c32. The predicted octanol–water partition coefficient (Wildman–Crippen LogP) is 11.4. The molecule has 0 saturated heterocycles. The van der Waals surface area contributed by atoms with E-state index in [2.05, 4.69) is 151 Å². The number of fused-ring (bicyclic) bond motifs is 15. The van der Waals surface area contributed by atoms with Crippen LogP contribution in [-0.4, -0.2) is 4.57 Å². The first-order valence-corrected chi connectivity index (χ1v) is 17.3. The van der Waals surface area contributed by atoms with Crippen molar-refractivity contribution < 1.29 is 0 Å². The highest BCUT2D eigenvalue weighted by atomic mass is 32.1. The molecule has 5 aromatic carbocycles. The highest BCUT2D eigenvalue weighted by Gasteiger charge is 2.54. The minimum atomic E-state index is -0.261. The van der Waals surface area contributed by atoms with Crippen molar-refractivity contribution >= 4 is 33.1 Å². The Bertz CT molecular complexity index is 2550. The summed E-state index contributed by atoms with van der Waals surface area (Å²) < 4.78 is 2.53. The van der Waals surface area contributed by atoms with Gasteiger partial charge >= 0.3 is 0 Å². The molecule has 2 atom stereocenters. The van der Waals surface area contributed by atoms with Crippen molar-refractivity contribution in [3.8, 4) is 27.3 Å². The second-order valence-corrected chi connectivity index (χ2v) is 14.9. The molecule has 0 fully saturated rings. The van der Waals surface area contributed by atoms with E-state index >= 15 is 0 Å². The molecule has 3 heterocycles. The molecule has 0 radical (unpaired) electrons. The summed E-state index contributed by atoms with van der Waals surface area (Å²) in [6, 6.07) is 42.0. The van der Waals surface area contributed by atoms with E-state index in [1.807, 2.05) is 11.3 Å². The number of benzene rings is 5. The third-order valence-corrected chi connectivity index (χ3v) is 12.6. The second kappa shape index (κ2) is 8.46. The standard InChI is InChI=1S/C44H31NS/c1-43(2)37-17-9-13-32-33-24-26(19-21-40(33)45(41(32)37)42-38(43)22-23-46-42)27-18-20-31-30-12-5-8-16-36(30)44(39(31)25-27)34-14-6-3-10-28(34)29-11-4-7-15-35(29)44/h3-10,12-25,29H,11H2,1-2H3. The topological polar surface area (TPSA) is 4.93 Å². The largest absolute Gasteiger partial charge is 0.300 e. The van der Waals surface area contributed by atoms with Gasteiger partial charge in [0.15, 0.2) is 0 Å². The van der Waals surface area contributed by atoms with E-state index in [1.54, 1.807) is 0 Å². The van der Waals surface area contributed by atoms with Gasteiger partial charge in [-0.05, 0) is 97.3 Å². The number of hydrogen-bond donors (Lipinski definition) is 0. The zero-order valence-corrected chi connectivity index (χ0v) is 26.7. The molecule has 0 saturated carbocycles. The minimum Gasteiger partial charge on any atom is -0.300 e. The van der Waals surface area contributed by atoms with Crippen molar-refractivity contribution in [2.45, 2.75) is 37.0 Å². The Morgan fingerprint density at radius 3 is 2.39 bits per heavy atom. The van der Waals surface area contributed by atoms with Crippen LogP contribution in [0.3, 0.4) is 0 Å². The minimum absolute atomic E-state index is 0.0240. The summed E-state index contributed by atoms with van der Waals surface area (Å²) in [5.74, 6) is 0.418. The summed E-state index contributed by atoms with van der Waals surface area (Å²) in [5, 5.41) is 6.29. The molecule has 4 aliphatic rings. The van der Waals surface area contributed by atoms with Crippen LogP contribution in [0.15, 0.2) is 138 Å². The van der Waals surface area contributed by atoms with Crippen LogP contribution in [0.2, 0.25) is 0 Å². The monoisotopic (exact) mass is 605 g/mol. The third kappa shape index (κ3) is 2.81. The van der Waals surface area contributed by atoms with Crippen molar-refractivity contribution in [2.75, 3.05) is 0 Å². The van der Waals surface area contributed by atoms with Crippen LogP contribution < -0.4 is 0 Å². The Morgan fingerprint density at radius 2 is 1.46 bits per heavy atom. The van der Waals surface area contributed by atoms with E-state index in [-0.39, 0.29) is 10.8 Å². The Kier molecular flexibility index (Phi) is 4.65. The second-order valence-electron chi connectivity index (χ2n) is 14.0. The molecule has 11 rings (SSSR count). The van der Waals surface area contributed by atoms with E-state index in [4.69, 9.17) is 0 Å². The molecule has 0 amide bonds. The summed E-state index contributed by atoms with van der Waals surface area (Å²) >= 11 is 1.86. The van der Waals surface area contributed by atoms with E-state index in [0.29, 0.717) is 5.92 Å². The van der Waals surface area contributed by atoms with Crippen LogP contribution >= 0.6 is 11.3 Å². The predicted molar refractivity (Wildman–Crippen MR) is 193 cm³/mol. The van der Waals surface area contributed by atoms with Crippen LogP contribution in [0.5, 0.6) is 0 Å². The van der Waals surface area contributed by atoms with Crippen molar-refractivity contribution in [1.82, 2.24) is 4.57 Å². The molecule has 3 aliphatic carbocycles. The first-order chi connectivity index (χ1) is 22.6. The quantitative estimate of drug-likeness (QED) is 0.175. The molecule has 2 aromatic heterocycles. The first-order valence-electron chi connectivity index (χ1n) is 16.5. The first kappa shape index (κ1) is 25.3. The van der Waals surface area contributed by atoms with E-state index < -0.39 is 0 Å². The number of allylic oxidation sites excluding steroid dienone is 4. The molecule has 46 heavy (non-hydrogen) atoms. The number of rotatable bonds is 1. The summed E-state index contributed by atoms with van der Waals surface area (Å²) in [7, 11) is 0. The molecule has 1 aliphatic heterocycles. The molecule has 0 bridgehead atoms. The Morgan fingerprint density at radius 1 is 0.674 bits per heavy atom. The van der Waals surface area contributed by atoms with Crippen LogP contribution in [0.25, 0.3) is 49.1 Å². The average molecular weight is 606 g/mol. The van der Waals surface area contributed by atoms with Gasteiger partial charge < -0.3 is 4.57 Å². The average Bonchev–Trinajstić information content (AvgIpc) is 3.85. The molecular formula is C44H31NS. The number of nitrogens with zero attached hydrogens (tertiary/aromatic N) is 1. The fraction of sp³-hybridized carbons (Fsp3) is 0.136. The highest BCUT2D eigenvalue weighted by Crippen LogP contribution is 2.65. The lowest BCUT2D eigenvalue weighted by Gasteiger charge is -2.33. The Balaban J connectivity index is 1.18. The van der Waals surface area contributed by atoms with Crippen LogP contribution in [-0.2, 0) is 10.8 Å². The Hall–Kier alpha value is -4.92. The van der Waals surface area contributed by atoms with Gasteiger partial charge in [0.05, 0.1) is 16.4 Å². The lowest BCUT2D eigenvalue weighted by molar-refractivity contribution is 0.635. The maximum Gasteiger partial charge on any atom is 0.104 e. The summed E-state index contributed by atoms with van der Waals surface area (Å²) in [5.41, 5.74) is 17.8.